The van der Waals surface area contributed by atoms with Gasteiger partial charge in [0.1, 0.15) is 35.7 Å². The Morgan fingerprint density at radius 3 is 2.53 bits per heavy atom. The van der Waals surface area contributed by atoms with Crippen LogP contribution in [0.25, 0.3) is 16.7 Å². The van der Waals surface area contributed by atoms with Crippen LogP contribution in [0, 0.1) is 11.6 Å². The average molecular weight is 486 g/mol. The normalized spacial score (nSPS) is 12.6. The second kappa shape index (κ2) is 10.1. The summed E-state index contributed by atoms with van der Waals surface area (Å²) in [6.45, 7) is 0.673. The Bertz CT molecular complexity index is 1260. The van der Waals surface area contributed by atoms with Crippen LogP contribution in [-0.2, 0) is 0 Å². The van der Waals surface area contributed by atoms with E-state index in [1.165, 1.54) is 19.1 Å². The summed E-state index contributed by atoms with van der Waals surface area (Å²) in [7, 11) is 0. The molecule has 6 nitrogen and oxygen atoms in total. The molecule has 2 heterocycles. The number of alkyl halides is 4. The highest BCUT2D eigenvalue weighted by Crippen LogP contribution is 2.25. The zero-order valence-corrected chi connectivity index (χ0v) is 17.8. The van der Waals surface area contributed by atoms with Crippen molar-refractivity contribution in [3.05, 3.63) is 63.9 Å². The van der Waals surface area contributed by atoms with Crippen molar-refractivity contribution in [3.63, 3.8) is 0 Å². The zero-order valence-electron chi connectivity index (χ0n) is 17.8. The molecule has 0 radical (unpaired) electrons. The van der Waals surface area contributed by atoms with Gasteiger partial charge in [0.15, 0.2) is 5.65 Å². The molecule has 12 heteroatoms. The van der Waals surface area contributed by atoms with Gasteiger partial charge in [-0.3, -0.25) is 14.2 Å². The number of hydrogen-bond acceptors (Lipinski definition) is 4. The second-order valence-electron chi connectivity index (χ2n) is 7.38. The van der Waals surface area contributed by atoms with Gasteiger partial charge in [-0.1, -0.05) is 13.3 Å². The number of carbonyl (C=O) groups excluding carboxylic acids is 1. The van der Waals surface area contributed by atoms with Gasteiger partial charge in [-0.2, -0.15) is 13.2 Å². The molecule has 0 aliphatic carbocycles. The van der Waals surface area contributed by atoms with Crippen LogP contribution in [0.5, 0.6) is 0 Å². The fraction of sp³-hybridized carbons (Fsp3) is 0.318. The van der Waals surface area contributed by atoms with Crippen molar-refractivity contribution in [3.8, 4) is 5.69 Å². The van der Waals surface area contributed by atoms with Crippen LogP contribution < -0.4 is 16.1 Å². The van der Waals surface area contributed by atoms with Crippen LogP contribution in [-0.4, -0.2) is 40.9 Å². The standard InChI is InChI=1S/C22H20F6N4O2/c1-2-3-17(22(26,27)28)30-21(34)14-11-32(16-6-4-12(24)10-15(16)25)20-13(19(14)33)5-7-18(31-20)29-9-8-23/h4-7,10-11,17H,2-3,8-9H2,1H3,(H,29,31)(H,30,34)/t17-/m1/s1. The number of rotatable bonds is 8. The van der Waals surface area contributed by atoms with Gasteiger partial charge >= 0.3 is 6.18 Å². The number of carbonyl (C=O) groups is 1. The topological polar surface area (TPSA) is 76.0 Å². The lowest BCUT2D eigenvalue weighted by molar-refractivity contribution is -0.154. The Morgan fingerprint density at radius 1 is 1.18 bits per heavy atom. The Morgan fingerprint density at radius 2 is 1.91 bits per heavy atom. The summed E-state index contributed by atoms with van der Waals surface area (Å²) in [5, 5.41) is 4.25. The number of amides is 1. The molecular formula is C22H20F6N4O2. The van der Waals surface area contributed by atoms with Gasteiger partial charge in [-0.25, -0.2) is 18.2 Å². The van der Waals surface area contributed by atoms with Crippen molar-refractivity contribution in [1.29, 1.82) is 0 Å². The molecule has 0 aliphatic heterocycles. The summed E-state index contributed by atoms with van der Waals surface area (Å²) in [5.41, 5.74) is -2.10. The fourth-order valence-electron chi connectivity index (χ4n) is 3.34. The molecule has 2 aromatic heterocycles. The van der Waals surface area contributed by atoms with E-state index in [1.54, 1.807) is 0 Å². The number of anilines is 1. The highest BCUT2D eigenvalue weighted by molar-refractivity contribution is 5.97. The molecule has 0 fully saturated rings. The van der Waals surface area contributed by atoms with Crippen LogP contribution >= 0.6 is 0 Å². The molecular weight excluding hydrogens is 466 g/mol. The lowest BCUT2D eigenvalue weighted by Crippen LogP contribution is -2.46. The van der Waals surface area contributed by atoms with Gasteiger partial charge in [-0.15, -0.1) is 0 Å². The highest BCUT2D eigenvalue weighted by Gasteiger charge is 2.40. The monoisotopic (exact) mass is 486 g/mol. The maximum Gasteiger partial charge on any atom is 0.408 e. The van der Waals surface area contributed by atoms with Gasteiger partial charge in [0.25, 0.3) is 5.91 Å². The first kappa shape index (κ1) is 25.1. The Balaban J connectivity index is 2.21. The molecule has 0 saturated heterocycles. The molecule has 1 atom stereocenters. The predicted octanol–water partition coefficient (Wildman–Crippen LogP) is 4.51. The fourth-order valence-corrected chi connectivity index (χ4v) is 3.34. The lowest BCUT2D eigenvalue weighted by atomic mass is 10.1. The Hall–Kier alpha value is -3.57. The number of aromatic nitrogens is 2. The van der Waals surface area contributed by atoms with Crippen LogP contribution in [0.4, 0.5) is 32.2 Å². The summed E-state index contributed by atoms with van der Waals surface area (Å²) in [4.78, 5) is 29.9. The maximum atomic E-state index is 14.6. The number of halogens is 6. The van der Waals surface area contributed by atoms with Crippen molar-refractivity contribution in [1.82, 2.24) is 14.9 Å². The summed E-state index contributed by atoms with van der Waals surface area (Å²) in [6, 6.07) is 2.85. The third-order valence-electron chi connectivity index (χ3n) is 4.94. The summed E-state index contributed by atoms with van der Waals surface area (Å²) < 4.78 is 81.4. The smallest absolute Gasteiger partial charge is 0.367 e. The number of hydrogen-bond donors (Lipinski definition) is 2. The molecule has 182 valence electrons. The summed E-state index contributed by atoms with van der Waals surface area (Å²) >= 11 is 0. The van der Waals surface area contributed by atoms with E-state index in [0.29, 0.717) is 6.07 Å². The SMILES string of the molecule is CCC[C@@H](NC(=O)c1cn(-c2ccc(F)cc2F)c2nc(NCCF)ccc2c1=O)C(F)(F)F. The van der Waals surface area contributed by atoms with Gasteiger partial charge in [0.2, 0.25) is 5.43 Å². The third kappa shape index (κ3) is 5.32. The van der Waals surface area contributed by atoms with E-state index in [-0.39, 0.29) is 35.5 Å². The van der Waals surface area contributed by atoms with Crippen LogP contribution in [0.2, 0.25) is 0 Å². The van der Waals surface area contributed by atoms with E-state index in [4.69, 9.17) is 0 Å². The molecule has 0 bridgehead atoms. The largest absolute Gasteiger partial charge is 0.408 e. The number of nitrogens with one attached hydrogen (secondary N) is 2. The minimum Gasteiger partial charge on any atom is -0.367 e. The van der Waals surface area contributed by atoms with E-state index in [2.05, 4.69) is 10.3 Å². The molecule has 3 aromatic rings. The van der Waals surface area contributed by atoms with E-state index >= 15 is 0 Å². The average Bonchev–Trinajstić information content (AvgIpc) is 2.77. The van der Waals surface area contributed by atoms with Crippen LogP contribution in [0.1, 0.15) is 30.1 Å². The zero-order chi connectivity index (χ0) is 25.0. The first-order chi connectivity index (χ1) is 16.1. The van der Waals surface area contributed by atoms with E-state index < -0.39 is 53.8 Å². The lowest BCUT2D eigenvalue weighted by Gasteiger charge is -2.21. The van der Waals surface area contributed by atoms with Crippen molar-refractivity contribution in [2.45, 2.75) is 32.0 Å². The predicted molar refractivity (Wildman–Crippen MR) is 114 cm³/mol. The Labute approximate surface area is 189 Å². The molecule has 2 N–H and O–H groups in total. The van der Waals surface area contributed by atoms with E-state index in [9.17, 15) is 35.9 Å². The molecule has 0 saturated carbocycles. The molecule has 1 amide bonds. The molecule has 3 rings (SSSR count). The minimum atomic E-state index is -4.75. The quantitative estimate of drug-likeness (QED) is 0.460. The Kier molecular flexibility index (Phi) is 7.48. The third-order valence-corrected chi connectivity index (χ3v) is 4.94. The van der Waals surface area contributed by atoms with E-state index in [0.717, 1.165) is 22.9 Å². The van der Waals surface area contributed by atoms with Crippen LogP contribution in [0.15, 0.2) is 41.3 Å². The summed E-state index contributed by atoms with van der Waals surface area (Å²) in [6.07, 6.45) is -4.19. The van der Waals surface area contributed by atoms with Crippen molar-refractivity contribution < 1.29 is 31.1 Å². The maximum absolute atomic E-state index is 14.6. The van der Waals surface area contributed by atoms with Gasteiger partial charge in [0, 0.05) is 18.8 Å². The van der Waals surface area contributed by atoms with E-state index in [1.807, 2.05) is 5.32 Å². The second-order valence-corrected chi connectivity index (χ2v) is 7.38. The number of nitrogens with zero attached hydrogens (tertiary/aromatic N) is 2. The highest BCUT2D eigenvalue weighted by atomic mass is 19.4. The minimum absolute atomic E-state index is 0.107. The molecule has 1 aromatic carbocycles. The molecule has 34 heavy (non-hydrogen) atoms. The van der Waals surface area contributed by atoms with Crippen molar-refractivity contribution >= 4 is 22.8 Å². The molecule has 0 unspecified atom stereocenters. The van der Waals surface area contributed by atoms with Crippen molar-refractivity contribution in [2.24, 2.45) is 0 Å². The van der Waals surface area contributed by atoms with Gasteiger partial charge in [-0.05, 0) is 30.7 Å². The first-order valence-electron chi connectivity index (χ1n) is 10.3. The van der Waals surface area contributed by atoms with Crippen LogP contribution in [0.3, 0.4) is 0 Å². The number of pyridine rings is 2. The first-order valence-corrected chi connectivity index (χ1v) is 10.3. The summed E-state index contributed by atoms with van der Waals surface area (Å²) in [5.74, 6) is -3.15. The molecule has 0 aliphatic rings. The van der Waals surface area contributed by atoms with Gasteiger partial charge < -0.3 is 10.6 Å². The van der Waals surface area contributed by atoms with Gasteiger partial charge in [0.05, 0.1) is 11.1 Å². The molecule has 0 spiro atoms. The number of benzene rings is 1. The number of fused-ring (bicyclic) bond motifs is 1. The van der Waals surface area contributed by atoms with Crippen molar-refractivity contribution in [2.75, 3.05) is 18.5 Å².